The lowest BCUT2D eigenvalue weighted by atomic mass is 10.2. The Morgan fingerprint density at radius 2 is 1.94 bits per heavy atom. The minimum absolute atomic E-state index is 0.262. The molecule has 0 saturated heterocycles. The number of nitrogens with zero attached hydrogens (tertiary/aromatic N) is 1. The van der Waals surface area contributed by atoms with Crippen molar-refractivity contribution in [3.05, 3.63) is 34.4 Å². The molecule has 0 saturated carbocycles. The van der Waals surface area contributed by atoms with Gasteiger partial charge in [0.05, 0.1) is 4.92 Å². The third-order valence-corrected chi connectivity index (χ3v) is 2.07. The molecule has 1 aromatic carbocycles. The molecule has 0 amide bonds. The van der Waals surface area contributed by atoms with E-state index < -0.39 is 10.9 Å². The van der Waals surface area contributed by atoms with Crippen LogP contribution in [0.4, 0.5) is 5.69 Å². The lowest BCUT2D eigenvalue weighted by Crippen LogP contribution is -1.92. The monoisotopic (exact) mass is 255 g/mol. The molecule has 0 heterocycles. The molecule has 0 atom stereocenters. The predicted octanol–water partition coefficient (Wildman–Crippen LogP) is 2.95. The van der Waals surface area contributed by atoms with E-state index >= 15 is 0 Å². The van der Waals surface area contributed by atoms with E-state index in [-0.39, 0.29) is 11.4 Å². The summed E-state index contributed by atoms with van der Waals surface area (Å²) in [5, 5.41) is 27.0. The Bertz CT molecular complexity index is 392. The van der Waals surface area contributed by atoms with Gasteiger partial charge in [0.15, 0.2) is 5.75 Å². The van der Waals surface area contributed by atoms with Crippen molar-refractivity contribution < 1.29 is 19.9 Å². The molecular formula is C12H17NO5. The predicted molar refractivity (Wildman–Crippen MR) is 66.5 cm³/mol. The number of carbonyl (C=O) groups is 1. The first-order valence-electron chi connectivity index (χ1n) is 5.63. The number of hydrogen-bond donors (Lipinski definition) is 2. The molecule has 0 aromatic heterocycles. The van der Waals surface area contributed by atoms with Gasteiger partial charge in [-0.2, -0.15) is 0 Å². The minimum atomic E-state index is -0.682. The number of carboxylic acids is 1. The van der Waals surface area contributed by atoms with Crippen LogP contribution in [-0.2, 0) is 4.79 Å². The first-order valence-corrected chi connectivity index (χ1v) is 5.63. The van der Waals surface area contributed by atoms with E-state index in [0.717, 1.165) is 19.3 Å². The highest BCUT2D eigenvalue weighted by atomic mass is 16.6. The Balaban J connectivity index is 0.000000331. The van der Waals surface area contributed by atoms with Crippen LogP contribution >= 0.6 is 0 Å². The van der Waals surface area contributed by atoms with Gasteiger partial charge in [0, 0.05) is 12.5 Å². The van der Waals surface area contributed by atoms with Gasteiger partial charge in [-0.3, -0.25) is 14.9 Å². The molecule has 0 aliphatic carbocycles. The van der Waals surface area contributed by atoms with Crippen molar-refractivity contribution in [2.45, 2.75) is 32.6 Å². The molecular weight excluding hydrogens is 238 g/mol. The normalized spacial score (nSPS) is 9.17. The van der Waals surface area contributed by atoms with Gasteiger partial charge >= 0.3 is 11.7 Å². The Hall–Kier alpha value is -2.11. The van der Waals surface area contributed by atoms with Crippen molar-refractivity contribution in [1.82, 2.24) is 0 Å². The molecule has 1 rings (SSSR count). The second-order valence-electron chi connectivity index (χ2n) is 3.60. The second kappa shape index (κ2) is 8.98. The number of benzene rings is 1. The zero-order valence-corrected chi connectivity index (χ0v) is 10.2. The number of nitro groups is 1. The van der Waals surface area contributed by atoms with Crippen LogP contribution in [0.2, 0.25) is 0 Å². The van der Waals surface area contributed by atoms with E-state index in [0.29, 0.717) is 6.42 Å². The summed E-state index contributed by atoms with van der Waals surface area (Å²) in [4.78, 5) is 19.3. The summed E-state index contributed by atoms with van der Waals surface area (Å²) in [7, 11) is 0. The third-order valence-electron chi connectivity index (χ3n) is 2.07. The quantitative estimate of drug-likeness (QED) is 0.478. The maximum atomic E-state index is 10.1. The van der Waals surface area contributed by atoms with Gasteiger partial charge in [-0.1, -0.05) is 31.9 Å². The van der Waals surface area contributed by atoms with Crippen molar-refractivity contribution in [3.63, 3.8) is 0 Å². The highest BCUT2D eigenvalue weighted by Crippen LogP contribution is 2.23. The van der Waals surface area contributed by atoms with Crippen molar-refractivity contribution in [2.24, 2.45) is 0 Å². The first-order chi connectivity index (χ1) is 8.49. The maximum Gasteiger partial charge on any atom is 0.310 e. The third kappa shape index (κ3) is 7.21. The highest BCUT2D eigenvalue weighted by molar-refractivity contribution is 5.66. The van der Waals surface area contributed by atoms with Crippen LogP contribution < -0.4 is 0 Å². The number of para-hydroxylation sites is 2. The summed E-state index contributed by atoms with van der Waals surface area (Å²) < 4.78 is 0. The molecule has 0 radical (unpaired) electrons. The minimum Gasteiger partial charge on any atom is -0.502 e. The molecule has 0 unspecified atom stereocenters. The number of phenolic OH excluding ortho intramolecular Hbond substituents is 1. The van der Waals surface area contributed by atoms with E-state index in [4.69, 9.17) is 10.2 Å². The smallest absolute Gasteiger partial charge is 0.310 e. The van der Waals surface area contributed by atoms with Gasteiger partial charge in [0.2, 0.25) is 0 Å². The van der Waals surface area contributed by atoms with E-state index in [1.54, 1.807) is 0 Å². The molecule has 100 valence electrons. The fraction of sp³-hybridized carbons (Fsp3) is 0.417. The molecule has 0 aliphatic rings. The lowest BCUT2D eigenvalue weighted by molar-refractivity contribution is -0.385. The molecule has 0 bridgehead atoms. The average molecular weight is 255 g/mol. The van der Waals surface area contributed by atoms with Gasteiger partial charge in [0.25, 0.3) is 0 Å². The number of aromatic hydroxyl groups is 1. The van der Waals surface area contributed by atoms with Crippen molar-refractivity contribution >= 4 is 11.7 Å². The van der Waals surface area contributed by atoms with E-state index in [9.17, 15) is 14.9 Å². The van der Waals surface area contributed by atoms with Crippen molar-refractivity contribution in [1.29, 1.82) is 0 Å². The first kappa shape index (κ1) is 15.9. The molecule has 18 heavy (non-hydrogen) atoms. The summed E-state index contributed by atoms with van der Waals surface area (Å²) in [5.74, 6) is -0.981. The standard InChI is InChI=1S/C6H5NO3.C6H12O2/c8-6-4-2-1-3-5(6)7(9)10;1-2-3-4-5-6(7)8/h1-4,8H;2-5H2,1H3,(H,7,8). The number of carboxylic acid groups (broad SMARTS) is 1. The van der Waals surface area contributed by atoms with Gasteiger partial charge in [-0.15, -0.1) is 0 Å². The number of unbranched alkanes of at least 4 members (excludes halogenated alkanes) is 2. The number of phenols is 1. The zero-order chi connectivity index (χ0) is 14.0. The van der Waals surface area contributed by atoms with Crippen LogP contribution in [-0.4, -0.2) is 21.1 Å². The topological polar surface area (TPSA) is 101 Å². The largest absolute Gasteiger partial charge is 0.502 e. The summed E-state index contributed by atoms with van der Waals surface area (Å²) in [6.07, 6.45) is 3.28. The molecule has 1 aromatic rings. The van der Waals surface area contributed by atoms with E-state index in [2.05, 4.69) is 6.92 Å². The summed E-state index contributed by atoms with van der Waals surface area (Å²) in [5.41, 5.74) is -0.262. The number of rotatable bonds is 5. The lowest BCUT2D eigenvalue weighted by Gasteiger charge is -1.91. The zero-order valence-electron chi connectivity index (χ0n) is 10.2. The molecule has 0 fully saturated rings. The van der Waals surface area contributed by atoms with Crippen LogP contribution in [0, 0.1) is 10.1 Å². The Morgan fingerprint density at radius 3 is 2.33 bits per heavy atom. The second-order valence-corrected chi connectivity index (χ2v) is 3.60. The highest BCUT2D eigenvalue weighted by Gasteiger charge is 2.09. The van der Waals surface area contributed by atoms with Crippen molar-refractivity contribution in [2.75, 3.05) is 0 Å². The molecule has 6 heteroatoms. The SMILES string of the molecule is CCCCCC(=O)O.O=[N+]([O-])c1ccccc1O. The van der Waals surface area contributed by atoms with Gasteiger partial charge < -0.3 is 10.2 Å². The molecule has 0 spiro atoms. The van der Waals surface area contributed by atoms with E-state index in [1.165, 1.54) is 24.3 Å². The van der Waals surface area contributed by atoms with Crippen LogP contribution in [0.3, 0.4) is 0 Å². The Kier molecular flexibility index (Phi) is 7.92. The number of aliphatic carboxylic acids is 1. The maximum absolute atomic E-state index is 10.1. The van der Waals surface area contributed by atoms with Crippen molar-refractivity contribution in [3.8, 4) is 5.75 Å². The fourth-order valence-electron chi connectivity index (χ4n) is 1.14. The average Bonchev–Trinajstić information content (AvgIpc) is 2.30. The summed E-state index contributed by atoms with van der Waals surface area (Å²) >= 11 is 0. The van der Waals surface area contributed by atoms with Crippen LogP contribution in [0.1, 0.15) is 32.6 Å². The molecule has 2 N–H and O–H groups in total. The van der Waals surface area contributed by atoms with Crippen LogP contribution in [0.15, 0.2) is 24.3 Å². The Labute approximate surface area is 105 Å². The Morgan fingerprint density at radius 1 is 1.33 bits per heavy atom. The molecule has 0 aliphatic heterocycles. The number of hydrogen-bond acceptors (Lipinski definition) is 4. The van der Waals surface area contributed by atoms with E-state index in [1.807, 2.05) is 0 Å². The fourth-order valence-corrected chi connectivity index (χ4v) is 1.14. The summed E-state index contributed by atoms with van der Waals surface area (Å²) in [6, 6.07) is 5.55. The number of nitro benzene ring substituents is 1. The van der Waals surface area contributed by atoms with Gasteiger partial charge in [-0.25, -0.2) is 0 Å². The van der Waals surface area contributed by atoms with Crippen LogP contribution in [0.5, 0.6) is 5.75 Å². The van der Waals surface area contributed by atoms with Gasteiger partial charge in [-0.05, 0) is 12.5 Å². The molecule has 6 nitrogen and oxygen atoms in total. The summed E-state index contributed by atoms with van der Waals surface area (Å²) in [6.45, 7) is 2.06. The van der Waals surface area contributed by atoms with Crippen LogP contribution in [0.25, 0.3) is 0 Å². The van der Waals surface area contributed by atoms with Gasteiger partial charge in [0.1, 0.15) is 0 Å².